The van der Waals surface area contributed by atoms with E-state index in [0.29, 0.717) is 47.1 Å². The third-order valence-electron chi connectivity index (χ3n) is 4.50. The highest BCUT2D eigenvalue weighted by atomic mass is 35.5. The fourth-order valence-corrected chi connectivity index (χ4v) is 3.20. The molecule has 184 valence electrons. The van der Waals surface area contributed by atoms with Crippen LogP contribution in [0, 0.1) is 0 Å². The monoisotopic (exact) mass is 510 g/mol. The lowest BCUT2D eigenvalue weighted by atomic mass is 10.1. The molecule has 0 radical (unpaired) electrons. The normalized spacial score (nSPS) is 11.9. The number of aromatic nitrogens is 2. The smallest absolute Gasteiger partial charge is 0.408 e. The van der Waals surface area contributed by atoms with Gasteiger partial charge in [0.15, 0.2) is 0 Å². The highest BCUT2D eigenvalue weighted by Gasteiger charge is 2.24. The summed E-state index contributed by atoms with van der Waals surface area (Å²) in [6.45, 7) is 5.54. The summed E-state index contributed by atoms with van der Waals surface area (Å²) in [5.74, 6) is -0.925. The molecule has 0 fully saturated rings. The number of hydrogen-bond acceptors (Lipinski definition) is 7. The van der Waals surface area contributed by atoms with Crippen molar-refractivity contribution in [2.45, 2.75) is 51.7 Å². The fourth-order valence-electron chi connectivity index (χ4n) is 2.90. The zero-order chi connectivity index (χ0) is 25.3. The molecule has 2 N–H and O–H groups in total. The summed E-state index contributed by atoms with van der Waals surface area (Å²) in [6.07, 6.45) is 2.05. The topological polar surface area (TPSA) is 120 Å². The maximum absolute atomic E-state index is 12.5. The Morgan fingerprint density at radius 1 is 1.06 bits per heavy atom. The Kier molecular flexibility index (Phi) is 10.1. The molecule has 2 amide bonds. The molecular weight excluding hydrogens is 483 g/mol. The number of rotatable bonds is 9. The van der Waals surface area contributed by atoms with Crippen molar-refractivity contribution in [3.05, 3.63) is 46.3 Å². The number of nitrogens with zero attached hydrogens (tertiary/aromatic N) is 2. The van der Waals surface area contributed by atoms with Crippen LogP contribution in [0.25, 0.3) is 11.3 Å². The molecule has 2 aromatic rings. The number of nitrogens with one attached hydrogen (secondary N) is 2. The van der Waals surface area contributed by atoms with Gasteiger partial charge in [-0.25, -0.2) is 19.6 Å². The molecule has 1 aromatic heterocycles. The number of carbonyl (C=O) groups is 3. The second-order valence-electron chi connectivity index (χ2n) is 8.39. The van der Waals surface area contributed by atoms with Gasteiger partial charge in [-0.3, -0.25) is 4.79 Å². The zero-order valence-electron chi connectivity index (χ0n) is 19.5. The van der Waals surface area contributed by atoms with E-state index in [-0.39, 0.29) is 11.6 Å². The number of methoxy groups -OCH3 is 1. The van der Waals surface area contributed by atoms with Crippen molar-refractivity contribution in [2.24, 2.45) is 0 Å². The molecule has 1 aromatic carbocycles. The molecule has 1 heterocycles. The van der Waals surface area contributed by atoms with Crippen molar-refractivity contribution in [2.75, 3.05) is 13.7 Å². The standard InChI is InChI=1S/C23H28Cl2N4O5/c1-23(2,3)34-22(32)29-17(21(31)33-4)7-5-6-10-26-20(30)19-12-18(27-13-28-19)14-8-9-15(24)16(25)11-14/h8-9,11-13,17H,5-7,10H2,1-4H3,(H,26,30)(H,29,32)/t17-/m0/s1. The Bertz CT molecular complexity index is 1030. The summed E-state index contributed by atoms with van der Waals surface area (Å²) in [5, 5.41) is 6.11. The largest absolute Gasteiger partial charge is 0.467 e. The van der Waals surface area contributed by atoms with Gasteiger partial charge in [0.05, 0.1) is 22.8 Å². The molecule has 11 heteroatoms. The van der Waals surface area contributed by atoms with Crippen LogP contribution in [0.4, 0.5) is 4.79 Å². The van der Waals surface area contributed by atoms with Gasteiger partial charge in [0.1, 0.15) is 23.7 Å². The molecule has 1 atom stereocenters. The fraction of sp³-hybridized carbons (Fsp3) is 0.435. The first-order valence-corrected chi connectivity index (χ1v) is 11.4. The van der Waals surface area contributed by atoms with Gasteiger partial charge >= 0.3 is 12.1 Å². The summed E-state index contributed by atoms with van der Waals surface area (Å²) >= 11 is 12.0. The first-order chi connectivity index (χ1) is 16.0. The van der Waals surface area contributed by atoms with E-state index in [1.807, 2.05) is 0 Å². The van der Waals surface area contributed by atoms with E-state index >= 15 is 0 Å². The van der Waals surface area contributed by atoms with E-state index in [1.54, 1.807) is 45.0 Å². The average molecular weight is 511 g/mol. The third-order valence-corrected chi connectivity index (χ3v) is 5.24. The summed E-state index contributed by atoms with van der Waals surface area (Å²) in [5.41, 5.74) is 0.760. The number of unbranched alkanes of at least 4 members (excludes halogenated alkanes) is 1. The second-order valence-corrected chi connectivity index (χ2v) is 9.21. The Labute approximate surface area is 208 Å². The Hall–Kier alpha value is -2.91. The van der Waals surface area contributed by atoms with Crippen LogP contribution in [-0.4, -0.2) is 53.2 Å². The molecular formula is C23H28Cl2N4O5. The number of halogens is 2. The maximum Gasteiger partial charge on any atom is 0.408 e. The zero-order valence-corrected chi connectivity index (χ0v) is 21.0. The predicted octanol–water partition coefficient (Wildman–Crippen LogP) is 4.42. The minimum atomic E-state index is -0.842. The van der Waals surface area contributed by atoms with E-state index in [1.165, 1.54) is 13.4 Å². The quantitative estimate of drug-likeness (QED) is 0.378. The summed E-state index contributed by atoms with van der Waals surface area (Å²) in [4.78, 5) is 44.6. The lowest BCUT2D eigenvalue weighted by Crippen LogP contribution is -2.44. The summed E-state index contributed by atoms with van der Waals surface area (Å²) in [7, 11) is 1.25. The number of hydrogen-bond donors (Lipinski definition) is 2. The van der Waals surface area contributed by atoms with Crippen LogP contribution in [-0.2, 0) is 14.3 Å². The van der Waals surface area contributed by atoms with Gasteiger partial charge in [0, 0.05) is 12.1 Å². The van der Waals surface area contributed by atoms with Gasteiger partial charge in [0.2, 0.25) is 0 Å². The van der Waals surface area contributed by atoms with Crippen LogP contribution in [0.1, 0.15) is 50.5 Å². The van der Waals surface area contributed by atoms with E-state index in [4.69, 9.17) is 32.7 Å². The number of alkyl carbamates (subject to hydrolysis) is 1. The van der Waals surface area contributed by atoms with Crippen LogP contribution in [0.2, 0.25) is 10.0 Å². The minimum Gasteiger partial charge on any atom is -0.467 e. The van der Waals surface area contributed by atoms with E-state index in [9.17, 15) is 14.4 Å². The molecule has 34 heavy (non-hydrogen) atoms. The first kappa shape index (κ1) is 27.3. The molecule has 0 unspecified atom stereocenters. The number of esters is 1. The predicted molar refractivity (Wildman–Crippen MR) is 129 cm³/mol. The van der Waals surface area contributed by atoms with Gasteiger partial charge < -0.3 is 20.1 Å². The lowest BCUT2D eigenvalue weighted by Gasteiger charge is -2.22. The maximum atomic E-state index is 12.5. The second kappa shape index (κ2) is 12.5. The van der Waals surface area contributed by atoms with Crippen LogP contribution < -0.4 is 10.6 Å². The Morgan fingerprint density at radius 3 is 2.44 bits per heavy atom. The SMILES string of the molecule is COC(=O)[C@H](CCCCNC(=O)c1cc(-c2ccc(Cl)c(Cl)c2)ncn1)NC(=O)OC(C)(C)C. The molecule has 0 spiro atoms. The average Bonchev–Trinajstić information content (AvgIpc) is 2.78. The van der Waals surface area contributed by atoms with E-state index in [2.05, 4.69) is 20.6 Å². The number of ether oxygens (including phenoxy) is 2. The van der Waals surface area contributed by atoms with Crippen LogP contribution in [0.5, 0.6) is 0 Å². The number of carbonyl (C=O) groups excluding carboxylic acids is 3. The Morgan fingerprint density at radius 2 is 1.79 bits per heavy atom. The van der Waals surface area contributed by atoms with Gasteiger partial charge in [-0.1, -0.05) is 29.3 Å². The van der Waals surface area contributed by atoms with Crippen LogP contribution in [0.15, 0.2) is 30.6 Å². The minimum absolute atomic E-state index is 0.204. The van der Waals surface area contributed by atoms with Crippen molar-refractivity contribution in [3.8, 4) is 11.3 Å². The third kappa shape index (κ3) is 8.79. The van der Waals surface area contributed by atoms with Gasteiger partial charge in [-0.15, -0.1) is 0 Å². The van der Waals surface area contributed by atoms with Crippen molar-refractivity contribution in [1.29, 1.82) is 0 Å². The van der Waals surface area contributed by atoms with Crippen molar-refractivity contribution in [1.82, 2.24) is 20.6 Å². The van der Waals surface area contributed by atoms with Gasteiger partial charge in [-0.2, -0.15) is 0 Å². The van der Waals surface area contributed by atoms with Crippen LogP contribution >= 0.6 is 23.2 Å². The molecule has 0 aliphatic carbocycles. The molecule has 0 bridgehead atoms. The number of amides is 2. The highest BCUT2D eigenvalue weighted by molar-refractivity contribution is 6.42. The molecule has 0 aliphatic rings. The van der Waals surface area contributed by atoms with Crippen molar-refractivity contribution >= 4 is 41.2 Å². The van der Waals surface area contributed by atoms with Gasteiger partial charge in [-0.05, 0) is 58.2 Å². The molecule has 0 aliphatic heterocycles. The molecule has 0 saturated carbocycles. The first-order valence-electron chi connectivity index (χ1n) is 10.6. The molecule has 9 nitrogen and oxygen atoms in total. The Balaban J connectivity index is 1.85. The van der Waals surface area contributed by atoms with Gasteiger partial charge in [0.25, 0.3) is 5.91 Å². The van der Waals surface area contributed by atoms with E-state index < -0.39 is 23.7 Å². The summed E-state index contributed by atoms with van der Waals surface area (Å²) < 4.78 is 9.93. The highest BCUT2D eigenvalue weighted by Crippen LogP contribution is 2.27. The van der Waals surface area contributed by atoms with Crippen molar-refractivity contribution < 1.29 is 23.9 Å². The van der Waals surface area contributed by atoms with Crippen LogP contribution in [0.3, 0.4) is 0 Å². The van der Waals surface area contributed by atoms with E-state index in [0.717, 1.165) is 0 Å². The molecule has 2 rings (SSSR count). The summed E-state index contributed by atoms with van der Waals surface area (Å²) in [6, 6.07) is 5.79. The number of benzene rings is 1. The molecule has 0 saturated heterocycles. The lowest BCUT2D eigenvalue weighted by molar-refractivity contribution is -0.143. The van der Waals surface area contributed by atoms with Crippen molar-refractivity contribution in [3.63, 3.8) is 0 Å².